The van der Waals surface area contributed by atoms with E-state index in [1.54, 1.807) is 32.2 Å². The molecule has 0 atom stereocenters. The highest BCUT2D eigenvalue weighted by Gasteiger charge is 2.22. The van der Waals surface area contributed by atoms with Crippen molar-refractivity contribution in [2.24, 2.45) is 5.41 Å². The standard InChI is InChI=1S/C18H18N6O2S/c1-12-4-5-15(17-16(12)13(6-19)7-21-17)23-27(25,26)14-8-22-24(9-14)11-18(2,3)10-20/h4-5,7-9,21,23H,11H2,1-3H3. The molecular weight excluding hydrogens is 364 g/mol. The summed E-state index contributed by atoms with van der Waals surface area (Å²) in [5.41, 5.74) is 1.56. The maximum Gasteiger partial charge on any atom is 0.265 e. The molecule has 0 saturated heterocycles. The number of benzene rings is 1. The van der Waals surface area contributed by atoms with Crippen molar-refractivity contribution in [3.63, 3.8) is 0 Å². The summed E-state index contributed by atoms with van der Waals surface area (Å²) in [6.07, 6.45) is 4.19. The lowest BCUT2D eigenvalue weighted by Crippen LogP contribution is -2.18. The van der Waals surface area contributed by atoms with Gasteiger partial charge in [-0.15, -0.1) is 0 Å². The van der Waals surface area contributed by atoms with E-state index in [4.69, 9.17) is 5.26 Å². The van der Waals surface area contributed by atoms with E-state index in [1.807, 2.05) is 6.92 Å². The summed E-state index contributed by atoms with van der Waals surface area (Å²) in [6.45, 7) is 5.64. The van der Waals surface area contributed by atoms with E-state index in [-0.39, 0.29) is 11.4 Å². The highest BCUT2D eigenvalue weighted by Crippen LogP contribution is 2.30. The van der Waals surface area contributed by atoms with E-state index >= 15 is 0 Å². The number of hydrogen-bond acceptors (Lipinski definition) is 5. The number of fused-ring (bicyclic) bond motifs is 1. The number of hydrogen-bond donors (Lipinski definition) is 2. The Morgan fingerprint density at radius 2 is 2.07 bits per heavy atom. The van der Waals surface area contributed by atoms with Gasteiger partial charge in [-0.3, -0.25) is 9.40 Å². The van der Waals surface area contributed by atoms with Crippen LogP contribution in [0.1, 0.15) is 25.0 Å². The summed E-state index contributed by atoms with van der Waals surface area (Å²) in [4.78, 5) is 2.96. The van der Waals surface area contributed by atoms with Gasteiger partial charge in [0.1, 0.15) is 11.0 Å². The third-order valence-electron chi connectivity index (χ3n) is 4.19. The van der Waals surface area contributed by atoms with Crippen molar-refractivity contribution in [3.05, 3.63) is 41.9 Å². The Labute approximate surface area is 157 Å². The molecule has 0 aliphatic rings. The maximum absolute atomic E-state index is 12.7. The van der Waals surface area contributed by atoms with Gasteiger partial charge in [0.2, 0.25) is 0 Å². The Kier molecular flexibility index (Phi) is 4.42. The Balaban J connectivity index is 1.95. The molecule has 0 unspecified atom stereocenters. The average Bonchev–Trinajstić information content (AvgIpc) is 3.24. The molecule has 8 nitrogen and oxygen atoms in total. The van der Waals surface area contributed by atoms with E-state index in [0.717, 1.165) is 5.56 Å². The number of H-pyrrole nitrogens is 1. The van der Waals surface area contributed by atoms with Gasteiger partial charge in [-0.25, -0.2) is 8.42 Å². The van der Waals surface area contributed by atoms with Crippen molar-refractivity contribution < 1.29 is 8.42 Å². The van der Waals surface area contributed by atoms with E-state index in [9.17, 15) is 13.7 Å². The minimum atomic E-state index is -3.88. The van der Waals surface area contributed by atoms with Gasteiger partial charge in [0.15, 0.2) is 0 Å². The van der Waals surface area contributed by atoms with E-state index in [0.29, 0.717) is 22.2 Å². The summed E-state index contributed by atoms with van der Waals surface area (Å²) in [7, 11) is -3.88. The minimum Gasteiger partial charge on any atom is -0.358 e. The van der Waals surface area contributed by atoms with Crippen molar-refractivity contribution in [2.45, 2.75) is 32.2 Å². The molecule has 2 N–H and O–H groups in total. The highest BCUT2D eigenvalue weighted by atomic mass is 32.2. The molecule has 3 rings (SSSR count). The Morgan fingerprint density at radius 1 is 1.33 bits per heavy atom. The number of anilines is 1. The monoisotopic (exact) mass is 382 g/mol. The van der Waals surface area contributed by atoms with Crippen molar-refractivity contribution in [1.82, 2.24) is 14.8 Å². The number of nitrogens with one attached hydrogen (secondary N) is 2. The van der Waals surface area contributed by atoms with Gasteiger partial charge in [-0.1, -0.05) is 6.07 Å². The molecular formula is C18H18N6O2S. The predicted molar refractivity (Wildman–Crippen MR) is 100 cm³/mol. The molecule has 3 aromatic rings. The molecule has 0 aliphatic carbocycles. The number of sulfonamides is 1. The predicted octanol–water partition coefficient (Wildman–Crippen LogP) is 2.90. The van der Waals surface area contributed by atoms with Crippen molar-refractivity contribution in [1.29, 1.82) is 10.5 Å². The van der Waals surface area contributed by atoms with Crippen LogP contribution in [-0.4, -0.2) is 23.2 Å². The lowest BCUT2D eigenvalue weighted by Gasteiger charge is -2.14. The topological polar surface area (TPSA) is 127 Å². The van der Waals surface area contributed by atoms with E-state index < -0.39 is 15.4 Å². The molecule has 0 spiro atoms. The number of aromatic nitrogens is 3. The first-order valence-corrected chi connectivity index (χ1v) is 9.62. The molecule has 0 radical (unpaired) electrons. The normalized spacial score (nSPS) is 11.9. The molecule has 0 fully saturated rings. The first-order chi connectivity index (χ1) is 12.7. The van der Waals surface area contributed by atoms with E-state index in [2.05, 4.69) is 26.9 Å². The fourth-order valence-corrected chi connectivity index (χ4v) is 3.83. The van der Waals surface area contributed by atoms with Gasteiger partial charge < -0.3 is 4.98 Å². The van der Waals surface area contributed by atoms with Crippen LogP contribution in [-0.2, 0) is 16.6 Å². The zero-order valence-corrected chi connectivity index (χ0v) is 15.9. The quantitative estimate of drug-likeness (QED) is 0.701. The average molecular weight is 382 g/mol. The van der Waals surface area contributed by atoms with Gasteiger partial charge in [-0.05, 0) is 32.4 Å². The molecule has 9 heteroatoms. The molecule has 138 valence electrons. The minimum absolute atomic E-state index is 0.00275. The Hall–Kier alpha value is -3.30. The second kappa shape index (κ2) is 6.45. The number of nitrogens with zero attached hydrogens (tertiary/aromatic N) is 4. The smallest absolute Gasteiger partial charge is 0.265 e. The van der Waals surface area contributed by atoms with Crippen molar-refractivity contribution in [3.8, 4) is 12.1 Å². The number of rotatable bonds is 5. The second-order valence-electron chi connectivity index (χ2n) is 6.97. The van der Waals surface area contributed by atoms with Crippen LogP contribution in [0.4, 0.5) is 5.69 Å². The summed E-state index contributed by atoms with van der Waals surface area (Å²) in [6, 6.07) is 7.66. The molecule has 0 aliphatic heterocycles. The molecule has 1 aromatic carbocycles. The van der Waals surface area contributed by atoms with Crippen molar-refractivity contribution in [2.75, 3.05) is 4.72 Å². The van der Waals surface area contributed by atoms with Crippen LogP contribution in [0, 0.1) is 35.0 Å². The molecule has 27 heavy (non-hydrogen) atoms. The van der Waals surface area contributed by atoms with Crippen LogP contribution >= 0.6 is 0 Å². The fraction of sp³-hybridized carbons (Fsp3) is 0.278. The van der Waals surface area contributed by atoms with Crippen LogP contribution in [0.15, 0.2) is 35.6 Å². The van der Waals surface area contributed by atoms with Gasteiger partial charge >= 0.3 is 0 Å². The molecule has 0 bridgehead atoms. The van der Waals surface area contributed by atoms with Crippen LogP contribution in [0.2, 0.25) is 0 Å². The Morgan fingerprint density at radius 3 is 2.74 bits per heavy atom. The largest absolute Gasteiger partial charge is 0.358 e. The molecule has 2 aromatic heterocycles. The van der Waals surface area contributed by atoms with Crippen LogP contribution in [0.3, 0.4) is 0 Å². The van der Waals surface area contributed by atoms with Crippen LogP contribution in [0.5, 0.6) is 0 Å². The molecule has 0 amide bonds. The second-order valence-corrected chi connectivity index (χ2v) is 8.65. The summed E-state index contributed by atoms with van der Waals surface area (Å²) < 4.78 is 29.5. The number of aryl methyl sites for hydroxylation is 1. The highest BCUT2D eigenvalue weighted by molar-refractivity contribution is 7.92. The van der Waals surface area contributed by atoms with E-state index in [1.165, 1.54) is 17.1 Å². The van der Waals surface area contributed by atoms with Crippen LogP contribution < -0.4 is 4.72 Å². The first-order valence-electron chi connectivity index (χ1n) is 8.14. The van der Waals surface area contributed by atoms with Gasteiger partial charge in [0, 0.05) is 17.8 Å². The third-order valence-corrected chi connectivity index (χ3v) is 5.51. The lowest BCUT2D eigenvalue weighted by molar-refractivity contribution is 0.384. The number of nitriles is 2. The summed E-state index contributed by atoms with van der Waals surface area (Å²) in [5.74, 6) is 0. The van der Waals surface area contributed by atoms with Crippen LogP contribution in [0.25, 0.3) is 10.9 Å². The number of aromatic amines is 1. The van der Waals surface area contributed by atoms with Gasteiger partial charge in [-0.2, -0.15) is 15.6 Å². The maximum atomic E-state index is 12.7. The van der Waals surface area contributed by atoms with Crippen molar-refractivity contribution >= 4 is 26.6 Å². The Bertz CT molecular complexity index is 1200. The molecule has 2 heterocycles. The molecule has 0 saturated carbocycles. The fourth-order valence-electron chi connectivity index (χ4n) is 2.81. The summed E-state index contributed by atoms with van der Waals surface area (Å²) >= 11 is 0. The van der Waals surface area contributed by atoms with Gasteiger partial charge in [0.25, 0.3) is 10.0 Å². The lowest BCUT2D eigenvalue weighted by atomic mass is 9.96. The summed E-state index contributed by atoms with van der Waals surface area (Å²) in [5, 5.41) is 23.1. The van der Waals surface area contributed by atoms with Gasteiger partial charge in [0.05, 0.1) is 41.0 Å². The zero-order valence-electron chi connectivity index (χ0n) is 15.1. The first kappa shape index (κ1) is 18.5. The third kappa shape index (κ3) is 3.50. The zero-order chi connectivity index (χ0) is 19.8. The SMILES string of the molecule is Cc1ccc(NS(=O)(=O)c2cnn(CC(C)(C)C#N)c2)c2[nH]cc(C#N)c12.